The summed E-state index contributed by atoms with van der Waals surface area (Å²) < 4.78 is 40.3. The quantitative estimate of drug-likeness (QED) is 0.413. The lowest BCUT2D eigenvalue weighted by atomic mass is 10.0. The van der Waals surface area contributed by atoms with Gasteiger partial charge in [0, 0.05) is 23.4 Å². The fraction of sp³-hybridized carbons (Fsp3) is 0.208. The van der Waals surface area contributed by atoms with Crippen molar-refractivity contribution in [3.8, 4) is 11.3 Å². The molecule has 0 saturated heterocycles. The lowest BCUT2D eigenvalue weighted by molar-refractivity contribution is -0.140. The normalized spacial score (nSPS) is 13.9. The molecule has 172 valence electrons. The number of pyridine rings is 2. The van der Waals surface area contributed by atoms with Gasteiger partial charge in [-0.05, 0) is 55.8 Å². The predicted octanol–water partition coefficient (Wildman–Crippen LogP) is 4.60. The minimum Gasteiger partial charge on any atom is -0.305 e. The van der Waals surface area contributed by atoms with E-state index < -0.39 is 11.9 Å². The smallest absolute Gasteiger partial charge is 0.305 e. The van der Waals surface area contributed by atoms with Crippen LogP contribution in [-0.4, -0.2) is 38.5 Å². The Balaban J connectivity index is 1.47. The first-order chi connectivity index (χ1) is 16.2. The third-order valence-electron chi connectivity index (χ3n) is 5.94. The van der Waals surface area contributed by atoms with Crippen molar-refractivity contribution in [1.29, 1.82) is 0 Å². The highest BCUT2D eigenvalue weighted by molar-refractivity contribution is 6.08. The first-order valence-corrected chi connectivity index (χ1v) is 10.5. The molecule has 0 saturated carbocycles. The van der Waals surface area contributed by atoms with Crippen molar-refractivity contribution in [3.05, 3.63) is 70.7 Å². The van der Waals surface area contributed by atoms with Crippen LogP contribution in [0.2, 0.25) is 0 Å². The molecule has 10 heteroatoms. The van der Waals surface area contributed by atoms with Crippen LogP contribution in [-0.2, 0) is 12.7 Å². The summed E-state index contributed by atoms with van der Waals surface area (Å²) in [7, 11) is 0. The van der Waals surface area contributed by atoms with Crippen LogP contribution in [0.1, 0.15) is 37.8 Å². The van der Waals surface area contributed by atoms with E-state index >= 15 is 0 Å². The number of hydrogen-bond acceptors (Lipinski definition) is 5. The van der Waals surface area contributed by atoms with Gasteiger partial charge in [-0.25, -0.2) is 9.97 Å². The number of halogens is 3. The van der Waals surface area contributed by atoms with E-state index in [9.17, 15) is 22.8 Å². The number of benzene rings is 1. The van der Waals surface area contributed by atoms with Gasteiger partial charge in [-0.2, -0.15) is 18.3 Å². The number of rotatable bonds is 3. The van der Waals surface area contributed by atoms with E-state index in [2.05, 4.69) is 15.1 Å². The summed E-state index contributed by atoms with van der Waals surface area (Å²) in [6, 6.07) is 10.9. The second-order valence-corrected chi connectivity index (χ2v) is 8.09. The summed E-state index contributed by atoms with van der Waals surface area (Å²) in [6.07, 6.45) is -3.87. The van der Waals surface area contributed by atoms with Crippen LogP contribution in [0.3, 0.4) is 0 Å². The highest BCUT2D eigenvalue weighted by atomic mass is 19.4. The summed E-state index contributed by atoms with van der Waals surface area (Å²) in [5.74, 6) is -0.226. The van der Waals surface area contributed by atoms with Crippen LogP contribution in [0.15, 0.2) is 42.5 Å². The molecule has 0 aliphatic carbocycles. The first kappa shape index (κ1) is 21.7. The molecule has 0 atom stereocenters. The molecule has 0 fully saturated rings. The summed E-state index contributed by atoms with van der Waals surface area (Å²) >= 11 is 0. The number of carbonyl (C=O) groups excluding carboxylic acids is 2. The molecule has 4 aromatic rings. The standard InChI is InChI=1S/C24H18F3N5O2/c1-13-11-15(16-4-5-18-17(28-16)6-8-21(29-18)24(25,26)27)3-7-20(13)31-9-10-32-22(23(31)34)14(2)19(12-33)30-32/h3-8,11-12H,9-10H2,1-2H3. The lowest BCUT2D eigenvalue weighted by Gasteiger charge is -2.29. The second kappa shape index (κ2) is 7.75. The zero-order valence-corrected chi connectivity index (χ0v) is 18.2. The van der Waals surface area contributed by atoms with Gasteiger partial charge in [-0.1, -0.05) is 6.07 Å². The average molecular weight is 465 g/mol. The number of hydrogen-bond donors (Lipinski definition) is 0. The Morgan fingerprint density at radius 2 is 1.71 bits per heavy atom. The molecule has 5 rings (SSSR count). The van der Waals surface area contributed by atoms with E-state index in [1.807, 2.05) is 25.1 Å². The van der Waals surface area contributed by atoms with Crippen molar-refractivity contribution < 1.29 is 22.8 Å². The van der Waals surface area contributed by atoms with E-state index in [-0.39, 0.29) is 17.1 Å². The van der Waals surface area contributed by atoms with Crippen LogP contribution in [0.5, 0.6) is 0 Å². The van der Waals surface area contributed by atoms with Crippen LogP contribution >= 0.6 is 0 Å². The molecule has 1 amide bonds. The molecule has 7 nitrogen and oxygen atoms in total. The van der Waals surface area contributed by atoms with Crippen molar-refractivity contribution in [3.63, 3.8) is 0 Å². The third-order valence-corrected chi connectivity index (χ3v) is 5.94. The summed E-state index contributed by atoms with van der Waals surface area (Å²) in [5, 5.41) is 4.19. The summed E-state index contributed by atoms with van der Waals surface area (Å²) in [6.45, 7) is 4.46. The molecule has 0 unspecified atom stereocenters. The summed E-state index contributed by atoms with van der Waals surface area (Å²) in [4.78, 5) is 34.2. The molecule has 34 heavy (non-hydrogen) atoms. The van der Waals surface area contributed by atoms with Crippen LogP contribution in [0.25, 0.3) is 22.3 Å². The molecule has 0 spiro atoms. The Morgan fingerprint density at radius 1 is 0.971 bits per heavy atom. The van der Waals surface area contributed by atoms with Crippen molar-refractivity contribution in [2.45, 2.75) is 26.6 Å². The van der Waals surface area contributed by atoms with E-state index in [0.29, 0.717) is 41.8 Å². The highest BCUT2D eigenvalue weighted by Crippen LogP contribution is 2.32. The van der Waals surface area contributed by atoms with E-state index in [1.54, 1.807) is 22.6 Å². The van der Waals surface area contributed by atoms with Gasteiger partial charge in [-0.15, -0.1) is 0 Å². The molecule has 1 aliphatic heterocycles. The maximum absolute atomic E-state index is 13.2. The Labute approximate surface area is 191 Å². The minimum absolute atomic E-state index is 0.160. The topological polar surface area (TPSA) is 81.0 Å². The number of carbonyl (C=O) groups is 2. The number of aryl methyl sites for hydroxylation is 1. The SMILES string of the molecule is Cc1cc(-c2ccc3nc(C(F)(F)F)ccc3n2)ccc1N1CCn2nc(C=O)c(C)c2C1=O. The zero-order chi connectivity index (χ0) is 24.2. The molecule has 1 aliphatic rings. The van der Waals surface area contributed by atoms with Crippen molar-refractivity contribution >= 4 is 28.9 Å². The maximum atomic E-state index is 13.2. The second-order valence-electron chi connectivity index (χ2n) is 8.09. The van der Waals surface area contributed by atoms with Gasteiger partial charge in [0.1, 0.15) is 17.1 Å². The Bertz CT molecular complexity index is 1480. The molecule has 1 aromatic carbocycles. The summed E-state index contributed by atoms with van der Waals surface area (Å²) in [5.41, 5.74) is 3.68. The monoisotopic (exact) mass is 465 g/mol. The number of alkyl halides is 3. The van der Waals surface area contributed by atoms with Gasteiger partial charge in [0.05, 0.1) is 23.3 Å². The maximum Gasteiger partial charge on any atom is 0.433 e. The van der Waals surface area contributed by atoms with Crippen molar-refractivity contribution in [2.24, 2.45) is 0 Å². The van der Waals surface area contributed by atoms with E-state index in [0.717, 1.165) is 22.9 Å². The van der Waals surface area contributed by atoms with Gasteiger partial charge in [0.15, 0.2) is 6.29 Å². The molecule has 3 aromatic heterocycles. The van der Waals surface area contributed by atoms with E-state index in [4.69, 9.17) is 0 Å². The van der Waals surface area contributed by atoms with Crippen LogP contribution in [0.4, 0.5) is 18.9 Å². The first-order valence-electron chi connectivity index (χ1n) is 10.5. The van der Waals surface area contributed by atoms with Crippen LogP contribution < -0.4 is 4.90 Å². The van der Waals surface area contributed by atoms with Gasteiger partial charge in [-0.3, -0.25) is 14.3 Å². The molecule has 0 radical (unpaired) electrons. The van der Waals surface area contributed by atoms with Gasteiger partial charge in [0.2, 0.25) is 0 Å². The molecule has 0 N–H and O–H groups in total. The fourth-order valence-corrected chi connectivity index (χ4v) is 4.21. The molecular formula is C24H18F3N5O2. The minimum atomic E-state index is -4.52. The third kappa shape index (κ3) is 3.51. The Morgan fingerprint density at radius 3 is 2.41 bits per heavy atom. The largest absolute Gasteiger partial charge is 0.433 e. The average Bonchev–Trinajstić information content (AvgIpc) is 3.14. The van der Waals surface area contributed by atoms with Gasteiger partial charge < -0.3 is 4.90 Å². The number of anilines is 1. The van der Waals surface area contributed by atoms with Gasteiger partial charge >= 0.3 is 6.18 Å². The number of fused-ring (bicyclic) bond motifs is 2. The number of amides is 1. The Hall–Kier alpha value is -4.08. The number of nitrogens with zero attached hydrogens (tertiary/aromatic N) is 5. The lowest BCUT2D eigenvalue weighted by Crippen LogP contribution is -2.41. The highest BCUT2D eigenvalue weighted by Gasteiger charge is 2.33. The fourth-order valence-electron chi connectivity index (χ4n) is 4.21. The van der Waals surface area contributed by atoms with Crippen molar-refractivity contribution in [2.75, 3.05) is 11.4 Å². The Kier molecular flexibility index (Phi) is 4.96. The van der Waals surface area contributed by atoms with Gasteiger partial charge in [0.25, 0.3) is 5.91 Å². The zero-order valence-electron chi connectivity index (χ0n) is 18.2. The van der Waals surface area contributed by atoms with Crippen molar-refractivity contribution in [1.82, 2.24) is 19.7 Å². The molecule has 4 heterocycles. The predicted molar refractivity (Wildman–Crippen MR) is 119 cm³/mol. The number of aldehydes is 1. The van der Waals surface area contributed by atoms with E-state index in [1.165, 1.54) is 12.1 Å². The van der Waals surface area contributed by atoms with Crippen LogP contribution in [0, 0.1) is 13.8 Å². The number of aromatic nitrogens is 4. The molecule has 0 bridgehead atoms. The molecular weight excluding hydrogens is 447 g/mol.